The number of hydrogen-bond acceptors (Lipinski definition) is 7. The number of hydrogen-bond donors (Lipinski definition) is 2. The van der Waals surface area contributed by atoms with Gasteiger partial charge in [0.1, 0.15) is 0 Å². The predicted molar refractivity (Wildman–Crippen MR) is 231 cm³/mol. The topological polar surface area (TPSA) is 86.6 Å². The van der Waals surface area contributed by atoms with Crippen LogP contribution in [0, 0.1) is 0 Å². The summed E-state index contributed by atoms with van der Waals surface area (Å²) in [5.41, 5.74) is 0. The second kappa shape index (κ2) is 50.0. The Bertz CT molecular complexity index is 584. The maximum atomic E-state index is 8.51. The fourth-order valence-corrected chi connectivity index (χ4v) is 10.0. The van der Waals surface area contributed by atoms with Crippen LogP contribution in [-0.4, -0.2) is 42.8 Å². The van der Waals surface area contributed by atoms with Crippen molar-refractivity contribution in [3.05, 3.63) is 0 Å². The van der Waals surface area contributed by atoms with Crippen molar-refractivity contribution < 1.29 is 45.7 Å². The summed E-state index contributed by atoms with van der Waals surface area (Å²) in [6.07, 6.45) is 44.5. The molecule has 328 valence electrons. The van der Waals surface area contributed by atoms with Crippen LogP contribution >= 0.6 is 8.60 Å². The maximum absolute atomic E-state index is 8.51. The minimum atomic E-state index is -3.72. The second-order valence-corrected chi connectivity index (χ2v) is 19.7. The fraction of sp³-hybridized carbons (Fsp3) is 1.00. The van der Waals surface area contributed by atoms with Crippen LogP contribution in [0.3, 0.4) is 0 Å². The normalized spacial score (nSPS) is 11.8. The van der Waals surface area contributed by atoms with E-state index in [0.717, 1.165) is 65.0 Å². The molecule has 0 aromatic heterocycles. The number of rotatable bonds is 45. The van der Waals surface area contributed by atoms with Crippen molar-refractivity contribution in [3.8, 4) is 0 Å². The van der Waals surface area contributed by atoms with Gasteiger partial charge >= 0.3 is 248 Å². The molecule has 0 atom stereocenters. The van der Waals surface area contributed by atoms with Crippen LogP contribution in [0.1, 0.15) is 259 Å². The molecule has 2 N–H and O–H groups in total. The third-order valence-electron chi connectivity index (χ3n) is 10.1. The van der Waals surface area contributed by atoms with E-state index < -0.39 is 26.7 Å². The van der Waals surface area contributed by atoms with Crippen LogP contribution in [0.25, 0.3) is 0 Å². The van der Waals surface area contributed by atoms with Crippen LogP contribution in [0.2, 0.25) is 0 Å². The first-order chi connectivity index (χ1) is 26.5. The van der Waals surface area contributed by atoms with Crippen LogP contribution in [0.15, 0.2) is 0 Å². The third-order valence-corrected chi connectivity index (χ3v) is 14.0. The average Bonchev–Trinajstić information content (AvgIpc) is 3.17. The monoisotopic (exact) mass is 829 g/mol. The molecule has 0 aromatic rings. The molecule has 0 radical (unpaired) electrons. The van der Waals surface area contributed by atoms with Crippen molar-refractivity contribution in [2.45, 2.75) is 259 Å². The number of unbranched alkanes of at least 4 members (excludes halogenated alkanes) is 30. The quantitative estimate of drug-likeness (QED) is 0.0359. The summed E-state index contributed by atoms with van der Waals surface area (Å²) < 4.78 is 30.7. The van der Waals surface area contributed by atoms with Crippen molar-refractivity contribution in [2.75, 3.05) is 33.0 Å². The Hall–Kier alpha value is 0.864. The standard InChI is InChI=1S/C13H29O3P.4C8H17O.Ti/c1-2-3-4-5-6-7-8-9-10-11-12-13-16-17(14)15;4*1-2-3-4-5-6-7-8-9;/h14-15H,2-13H2,1H3;4*2-8H2,1H3;/q;4*-1;+4. The molecule has 0 bridgehead atoms. The Labute approximate surface area is 345 Å². The van der Waals surface area contributed by atoms with Gasteiger partial charge in [0, 0.05) is 0 Å². The summed E-state index contributed by atoms with van der Waals surface area (Å²) in [7, 11) is -2.14. The van der Waals surface area contributed by atoms with Crippen LogP contribution in [0.4, 0.5) is 0 Å². The summed E-state index contributed by atoms with van der Waals surface area (Å²) >= 11 is -3.72. The first kappa shape index (κ1) is 57.0. The van der Waals surface area contributed by atoms with Crippen molar-refractivity contribution >= 4 is 8.60 Å². The van der Waals surface area contributed by atoms with Crippen molar-refractivity contribution in [1.29, 1.82) is 0 Å². The predicted octanol–water partition coefficient (Wildman–Crippen LogP) is 15.8. The minimum absolute atomic E-state index is 0.482. The summed E-state index contributed by atoms with van der Waals surface area (Å²) in [5.74, 6) is 0. The molecule has 9 heteroatoms. The second-order valence-electron chi connectivity index (χ2n) is 15.6. The van der Waals surface area contributed by atoms with Gasteiger partial charge in [-0.1, -0.05) is 71.1 Å². The first-order valence-corrected chi connectivity index (χ1v) is 27.6. The van der Waals surface area contributed by atoms with Crippen LogP contribution in [0.5, 0.6) is 0 Å². The zero-order valence-electron chi connectivity index (χ0n) is 37.2. The zero-order valence-corrected chi connectivity index (χ0v) is 39.6. The SMILES string of the molecule is CCCCCCCCCCCCCOP(O)O.CCCCCCCC[O][Ti]([O]CCCCCCCC)([O]CCCCCCCC)[O]CCCCCCCC. The van der Waals surface area contributed by atoms with Gasteiger partial charge in [-0.25, -0.2) is 0 Å². The van der Waals surface area contributed by atoms with E-state index in [-0.39, 0.29) is 0 Å². The van der Waals surface area contributed by atoms with Gasteiger partial charge in [-0.3, -0.25) is 0 Å². The van der Waals surface area contributed by atoms with E-state index in [1.165, 1.54) is 186 Å². The molecule has 0 spiro atoms. The fourth-order valence-electron chi connectivity index (χ4n) is 6.48. The molecule has 0 rings (SSSR count). The van der Waals surface area contributed by atoms with E-state index in [1.54, 1.807) is 0 Å². The van der Waals surface area contributed by atoms with E-state index >= 15 is 0 Å². The van der Waals surface area contributed by atoms with Gasteiger partial charge in [0.15, 0.2) is 0 Å². The molecule has 0 unspecified atom stereocenters. The molecule has 0 aliphatic heterocycles. The molecule has 0 saturated heterocycles. The van der Waals surface area contributed by atoms with E-state index in [0.29, 0.717) is 6.61 Å². The summed E-state index contributed by atoms with van der Waals surface area (Å²) in [4.78, 5) is 17.0. The molecular weight excluding hydrogens is 731 g/mol. The Morgan fingerprint density at radius 1 is 0.278 bits per heavy atom. The van der Waals surface area contributed by atoms with Crippen molar-refractivity contribution in [2.24, 2.45) is 0 Å². The van der Waals surface area contributed by atoms with Gasteiger partial charge < -0.3 is 14.3 Å². The molecule has 0 aliphatic rings. The first-order valence-electron chi connectivity index (χ1n) is 23.9. The Morgan fingerprint density at radius 2 is 0.463 bits per heavy atom. The molecule has 0 aromatic carbocycles. The van der Waals surface area contributed by atoms with Gasteiger partial charge in [0.2, 0.25) is 0 Å². The van der Waals surface area contributed by atoms with Crippen LogP contribution < -0.4 is 0 Å². The van der Waals surface area contributed by atoms with E-state index in [9.17, 15) is 0 Å². The Morgan fingerprint density at radius 3 is 0.667 bits per heavy atom. The molecule has 7 nitrogen and oxygen atoms in total. The molecule has 0 fully saturated rings. The summed E-state index contributed by atoms with van der Waals surface area (Å²) in [6, 6.07) is 0. The molecule has 0 saturated carbocycles. The van der Waals surface area contributed by atoms with E-state index in [1.807, 2.05) is 0 Å². The summed E-state index contributed by atoms with van der Waals surface area (Å²) in [6.45, 7) is 14.7. The van der Waals surface area contributed by atoms with Gasteiger partial charge in [-0.15, -0.1) is 0 Å². The van der Waals surface area contributed by atoms with Gasteiger partial charge in [-0.05, 0) is 6.42 Å². The van der Waals surface area contributed by atoms with E-state index in [2.05, 4.69) is 34.6 Å². The third kappa shape index (κ3) is 47.2. The van der Waals surface area contributed by atoms with Crippen molar-refractivity contribution in [3.63, 3.8) is 0 Å². The zero-order chi connectivity index (χ0) is 39.9. The van der Waals surface area contributed by atoms with Gasteiger partial charge in [0.25, 0.3) is 0 Å². The van der Waals surface area contributed by atoms with Crippen LogP contribution in [-0.2, 0) is 35.9 Å². The average molecular weight is 829 g/mol. The van der Waals surface area contributed by atoms with Gasteiger partial charge in [-0.2, -0.15) is 0 Å². The molecule has 54 heavy (non-hydrogen) atoms. The Kier molecular flexibility index (Phi) is 52.7. The summed E-state index contributed by atoms with van der Waals surface area (Å²) in [5, 5.41) is 0. The molecule has 0 heterocycles. The molecule has 0 aliphatic carbocycles. The molecular formula is C45H97O7PTi. The van der Waals surface area contributed by atoms with Gasteiger partial charge in [0.05, 0.1) is 6.61 Å². The Balaban J connectivity index is 0. The van der Waals surface area contributed by atoms with Crippen molar-refractivity contribution in [1.82, 2.24) is 0 Å². The molecule has 0 amide bonds. The van der Waals surface area contributed by atoms with E-state index in [4.69, 9.17) is 27.6 Å².